The van der Waals surface area contributed by atoms with Gasteiger partial charge in [-0.2, -0.15) is 0 Å². The summed E-state index contributed by atoms with van der Waals surface area (Å²) in [7, 11) is -2.55. The first-order chi connectivity index (χ1) is 14.7. The van der Waals surface area contributed by atoms with Gasteiger partial charge in [0.2, 0.25) is 5.91 Å². The van der Waals surface area contributed by atoms with Crippen LogP contribution in [0.3, 0.4) is 0 Å². The van der Waals surface area contributed by atoms with Gasteiger partial charge in [0.1, 0.15) is 12.3 Å². The van der Waals surface area contributed by atoms with Crippen molar-refractivity contribution in [2.45, 2.75) is 25.7 Å². The fourth-order valence-corrected chi connectivity index (χ4v) is 4.60. The van der Waals surface area contributed by atoms with Crippen LogP contribution in [0.5, 0.6) is 5.75 Å². The quantitative estimate of drug-likeness (QED) is 0.591. The summed E-state index contributed by atoms with van der Waals surface area (Å²) in [4.78, 5) is 13.0. The molecule has 0 atom stereocenters. The summed E-state index contributed by atoms with van der Waals surface area (Å²) in [6.45, 7) is 5.30. The molecule has 0 aliphatic rings. The number of hydrogen-bond acceptors (Lipinski definition) is 4. The van der Waals surface area contributed by atoms with Crippen LogP contribution >= 0.6 is 0 Å². The van der Waals surface area contributed by atoms with Gasteiger partial charge in [-0.15, -0.1) is 0 Å². The number of carbonyl (C=O) groups excluding carboxylic acids is 1. The van der Waals surface area contributed by atoms with Gasteiger partial charge in [-0.25, -0.2) is 8.42 Å². The molecule has 0 saturated carbocycles. The van der Waals surface area contributed by atoms with Gasteiger partial charge in [0, 0.05) is 5.69 Å². The molecule has 0 bridgehead atoms. The zero-order valence-corrected chi connectivity index (χ0v) is 18.9. The minimum Gasteiger partial charge on any atom is -0.495 e. The lowest BCUT2D eigenvalue weighted by Gasteiger charge is -2.26. The fourth-order valence-electron chi connectivity index (χ4n) is 3.16. The van der Waals surface area contributed by atoms with Crippen molar-refractivity contribution in [1.82, 2.24) is 0 Å². The maximum absolute atomic E-state index is 13.5. The number of para-hydroxylation sites is 2. The Bertz CT molecular complexity index is 1190. The highest BCUT2D eigenvalue weighted by Crippen LogP contribution is 2.32. The van der Waals surface area contributed by atoms with Crippen LogP contribution in [0, 0.1) is 20.8 Å². The minimum absolute atomic E-state index is 0.101. The van der Waals surface area contributed by atoms with Crippen LogP contribution in [0.25, 0.3) is 0 Å². The molecule has 0 heterocycles. The Balaban J connectivity index is 2.01. The molecular weight excluding hydrogens is 412 g/mol. The number of sulfonamides is 1. The van der Waals surface area contributed by atoms with E-state index in [4.69, 9.17) is 4.74 Å². The second kappa shape index (κ2) is 9.22. The molecule has 3 aromatic rings. The number of anilines is 2. The van der Waals surface area contributed by atoms with Gasteiger partial charge >= 0.3 is 0 Å². The van der Waals surface area contributed by atoms with E-state index in [2.05, 4.69) is 5.32 Å². The van der Waals surface area contributed by atoms with Crippen molar-refractivity contribution in [2.24, 2.45) is 0 Å². The minimum atomic E-state index is -4.02. The zero-order valence-electron chi connectivity index (χ0n) is 18.0. The molecule has 0 aromatic heterocycles. The number of rotatable bonds is 7. The first-order valence-electron chi connectivity index (χ1n) is 9.82. The molecule has 31 heavy (non-hydrogen) atoms. The maximum atomic E-state index is 13.5. The molecule has 0 spiro atoms. The number of benzene rings is 3. The summed E-state index contributed by atoms with van der Waals surface area (Å²) in [6.07, 6.45) is 0. The van der Waals surface area contributed by atoms with Crippen LogP contribution in [-0.4, -0.2) is 28.0 Å². The third-order valence-corrected chi connectivity index (χ3v) is 6.69. The SMILES string of the molecule is COc1ccccc1N(CC(=O)Nc1cc(C)ccc1C)S(=O)(=O)c1ccc(C)cc1. The molecule has 1 amide bonds. The number of amides is 1. The lowest BCUT2D eigenvalue weighted by atomic mass is 10.1. The van der Waals surface area contributed by atoms with E-state index >= 15 is 0 Å². The largest absolute Gasteiger partial charge is 0.495 e. The molecule has 162 valence electrons. The summed E-state index contributed by atoms with van der Waals surface area (Å²) in [6, 6.07) is 19.0. The first kappa shape index (κ1) is 22.4. The predicted molar refractivity (Wildman–Crippen MR) is 123 cm³/mol. The fraction of sp³-hybridized carbons (Fsp3) is 0.208. The van der Waals surface area contributed by atoms with Gasteiger partial charge in [0.15, 0.2) is 0 Å². The van der Waals surface area contributed by atoms with Crippen molar-refractivity contribution >= 4 is 27.3 Å². The number of ether oxygens (including phenoxy) is 1. The Labute approximate surface area is 183 Å². The molecule has 0 fully saturated rings. The van der Waals surface area contributed by atoms with Crippen molar-refractivity contribution in [3.8, 4) is 5.75 Å². The van der Waals surface area contributed by atoms with Crippen molar-refractivity contribution in [1.29, 1.82) is 0 Å². The normalized spacial score (nSPS) is 11.1. The Kier molecular flexibility index (Phi) is 6.65. The van der Waals surface area contributed by atoms with Crippen LogP contribution in [0.1, 0.15) is 16.7 Å². The lowest BCUT2D eigenvalue weighted by molar-refractivity contribution is -0.114. The van der Waals surface area contributed by atoms with Crippen LogP contribution in [-0.2, 0) is 14.8 Å². The number of nitrogens with zero attached hydrogens (tertiary/aromatic N) is 1. The van der Waals surface area contributed by atoms with Gasteiger partial charge in [-0.1, -0.05) is 42.0 Å². The van der Waals surface area contributed by atoms with E-state index in [1.54, 1.807) is 36.4 Å². The highest BCUT2D eigenvalue weighted by Gasteiger charge is 2.29. The lowest BCUT2D eigenvalue weighted by Crippen LogP contribution is -2.38. The second-order valence-corrected chi connectivity index (χ2v) is 9.23. The van der Waals surface area contributed by atoms with Gasteiger partial charge in [-0.05, 0) is 62.2 Å². The summed E-state index contributed by atoms with van der Waals surface area (Å²) in [5, 5.41) is 2.84. The average molecular weight is 439 g/mol. The van der Waals surface area contributed by atoms with Gasteiger partial charge in [-0.3, -0.25) is 9.10 Å². The highest BCUT2D eigenvalue weighted by molar-refractivity contribution is 7.92. The second-order valence-electron chi connectivity index (χ2n) is 7.36. The number of aryl methyl sites for hydroxylation is 3. The summed E-state index contributed by atoms with van der Waals surface area (Å²) in [5.41, 5.74) is 3.77. The van der Waals surface area contributed by atoms with E-state index in [1.165, 1.54) is 19.2 Å². The van der Waals surface area contributed by atoms with Crippen LogP contribution < -0.4 is 14.4 Å². The number of carbonyl (C=O) groups is 1. The Morgan fingerprint density at radius 3 is 2.26 bits per heavy atom. The summed E-state index contributed by atoms with van der Waals surface area (Å²) in [5.74, 6) is -0.0898. The zero-order chi connectivity index (χ0) is 22.6. The van der Waals surface area contributed by atoms with Gasteiger partial charge < -0.3 is 10.1 Å². The summed E-state index contributed by atoms with van der Waals surface area (Å²) < 4.78 is 33.5. The number of hydrogen-bond donors (Lipinski definition) is 1. The number of nitrogens with one attached hydrogen (secondary N) is 1. The topological polar surface area (TPSA) is 75.7 Å². The van der Waals surface area contributed by atoms with Crippen molar-refractivity contribution in [2.75, 3.05) is 23.3 Å². The molecule has 3 aromatic carbocycles. The predicted octanol–water partition coefficient (Wildman–Crippen LogP) is 4.45. The van der Waals surface area contributed by atoms with Crippen LogP contribution in [0.4, 0.5) is 11.4 Å². The van der Waals surface area contributed by atoms with Crippen molar-refractivity contribution in [3.63, 3.8) is 0 Å². The molecule has 0 unspecified atom stereocenters. The average Bonchev–Trinajstić information content (AvgIpc) is 2.75. The van der Waals surface area contributed by atoms with E-state index in [0.29, 0.717) is 17.1 Å². The molecule has 6 nitrogen and oxygen atoms in total. The van der Waals surface area contributed by atoms with Crippen molar-refractivity contribution < 1.29 is 17.9 Å². The van der Waals surface area contributed by atoms with E-state index < -0.39 is 22.5 Å². The molecule has 0 radical (unpaired) electrons. The Hall–Kier alpha value is -3.32. The molecule has 1 N–H and O–H groups in total. The summed E-state index contributed by atoms with van der Waals surface area (Å²) >= 11 is 0. The van der Waals surface area contributed by atoms with E-state index in [1.807, 2.05) is 39.0 Å². The van der Waals surface area contributed by atoms with Crippen LogP contribution in [0.15, 0.2) is 71.6 Å². The Morgan fingerprint density at radius 1 is 0.935 bits per heavy atom. The highest BCUT2D eigenvalue weighted by atomic mass is 32.2. The molecular formula is C24H26N2O4S. The third kappa shape index (κ3) is 5.06. The first-order valence-corrected chi connectivity index (χ1v) is 11.3. The van der Waals surface area contributed by atoms with Crippen LogP contribution in [0.2, 0.25) is 0 Å². The van der Waals surface area contributed by atoms with Gasteiger partial charge in [0.25, 0.3) is 10.0 Å². The smallest absolute Gasteiger partial charge is 0.264 e. The molecule has 0 aliphatic carbocycles. The molecule has 0 saturated heterocycles. The monoisotopic (exact) mass is 438 g/mol. The Morgan fingerprint density at radius 2 is 1.58 bits per heavy atom. The van der Waals surface area contributed by atoms with E-state index in [-0.39, 0.29) is 4.90 Å². The number of methoxy groups -OCH3 is 1. The molecule has 0 aliphatic heterocycles. The van der Waals surface area contributed by atoms with E-state index in [0.717, 1.165) is 21.0 Å². The van der Waals surface area contributed by atoms with E-state index in [9.17, 15) is 13.2 Å². The standard InChI is InChI=1S/C24H26N2O4S/c1-17-10-13-20(14-11-17)31(28,29)26(22-7-5-6-8-23(22)30-4)16-24(27)25-21-15-18(2)9-12-19(21)3/h5-15H,16H2,1-4H3,(H,25,27). The van der Waals surface area contributed by atoms with Crippen molar-refractivity contribution in [3.05, 3.63) is 83.4 Å². The van der Waals surface area contributed by atoms with Gasteiger partial charge in [0.05, 0.1) is 17.7 Å². The molecule has 3 rings (SSSR count). The maximum Gasteiger partial charge on any atom is 0.264 e. The third-order valence-electron chi connectivity index (χ3n) is 4.92. The molecule has 7 heteroatoms.